The summed E-state index contributed by atoms with van der Waals surface area (Å²) < 4.78 is 9.89. The summed E-state index contributed by atoms with van der Waals surface area (Å²) in [7, 11) is 1.28. The smallest absolute Gasteiger partial charge is 0.408 e. The average Bonchev–Trinajstić information content (AvgIpc) is 2.60. The fourth-order valence-corrected chi connectivity index (χ4v) is 2.65. The van der Waals surface area contributed by atoms with E-state index < -0.39 is 23.7 Å². The summed E-state index contributed by atoms with van der Waals surface area (Å²) >= 11 is 0. The number of methoxy groups -OCH3 is 1. The van der Waals surface area contributed by atoms with Crippen LogP contribution in [0.5, 0.6) is 0 Å². The van der Waals surface area contributed by atoms with Crippen molar-refractivity contribution in [3.8, 4) is 0 Å². The summed E-state index contributed by atoms with van der Waals surface area (Å²) in [5.74, 6) is -0.786. The number of nitrogens with zero attached hydrogens (tertiary/aromatic N) is 1. The van der Waals surface area contributed by atoms with Gasteiger partial charge in [0.25, 0.3) is 0 Å². The molecule has 24 heavy (non-hydrogen) atoms. The Morgan fingerprint density at radius 1 is 1.38 bits per heavy atom. The van der Waals surface area contributed by atoms with E-state index in [0.717, 1.165) is 12.8 Å². The number of likely N-dealkylation sites (tertiary alicyclic amines) is 1. The first-order valence-electron chi connectivity index (χ1n) is 8.15. The molecule has 2 amide bonds. The second kappa shape index (κ2) is 8.70. The Labute approximate surface area is 143 Å². The molecule has 1 saturated heterocycles. The molecule has 1 aliphatic heterocycles. The van der Waals surface area contributed by atoms with Gasteiger partial charge in [-0.1, -0.05) is 6.08 Å². The van der Waals surface area contributed by atoms with Crippen LogP contribution in [0.4, 0.5) is 4.79 Å². The summed E-state index contributed by atoms with van der Waals surface area (Å²) in [6.07, 6.45) is 3.67. The van der Waals surface area contributed by atoms with Crippen LogP contribution in [-0.2, 0) is 19.1 Å². The predicted molar refractivity (Wildman–Crippen MR) is 89.3 cm³/mol. The van der Waals surface area contributed by atoms with Crippen molar-refractivity contribution in [1.29, 1.82) is 0 Å². The molecule has 0 aromatic carbocycles. The molecule has 7 nitrogen and oxygen atoms in total. The lowest BCUT2D eigenvalue weighted by Crippen LogP contribution is -2.52. The topological polar surface area (TPSA) is 84.9 Å². The van der Waals surface area contributed by atoms with Crippen LogP contribution < -0.4 is 5.32 Å². The van der Waals surface area contributed by atoms with E-state index in [-0.39, 0.29) is 18.5 Å². The van der Waals surface area contributed by atoms with E-state index in [9.17, 15) is 14.4 Å². The maximum absolute atomic E-state index is 12.8. The van der Waals surface area contributed by atoms with Gasteiger partial charge < -0.3 is 19.7 Å². The van der Waals surface area contributed by atoms with Crippen molar-refractivity contribution in [2.75, 3.05) is 13.7 Å². The Morgan fingerprint density at radius 2 is 2.04 bits per heavy atom. The highest BCUT2D eigenvalue weighted by Gasteiger charge is 2.35. The molecule has 136 valence electrons. The van der Waals surface area contributed by atoms with Crippen molar-refractivity contribution >= 4 is 18.0 Å². The first-order valence-corrected chi connectivity index (χ1v) is 8.15. The number of hydrogen-bond acceptors (Lipinski definition) is 5. The van der Waals surface area contributed by atoms with Gasteiger partial charge in [-0.05, 0) is 46.5 Å². The molecule has 7 heteroatoms. The van der Waals surface area contributed by atoms with E-state index in [1.54, 1.807) is 26.8 Å². The van der Waals surface area contributed by atoms with E-state index in [1.165, 1.54) is 12.0 Å². The van der Waals surface area contributed by atoms with Gasteiger partial charge in [0.05, 0.1) is 7.11 Å². The number of alkyl carbamates (subject to hydrolysis) is 1. The van der Waals surface area contributed by atoms with Crippen LogP contribution in [0.1, 0.15) is 46.5 Å². The van der Waals surface area contributed by atoms with Crippen molar-refractivity contribution in [2.24, 2.45) is 0 Å². The van der Waals surface area contributed by atoms with Gasteiger partial charge in [-0.3, -0.25) is 9.59 Å². The largest absolute Gasteiger partial charge is 0.468 e. The Bertz CT molecular complexity index is 484. The molecule has 1 heterocycles. The Balaban J connectivity index is 2.87. The summed E-state index contributed by atoms with van der Waals surface area (Å²) in [6, 6.07) is -0.834. The van der Waals surface area contributed by atoms with Gasteiger partial charge in [0, 0.05) is 6.04 Å². The van der Waals surface area contributed by atoms with E-state index in [4.69, 9.17) is 4.74 Å². The van der Waals surface area contributed by atoms with Gasteiger partial charge in [-0.15, -0.1) is 6.58 Å². The summed E-state index contributed by atoms with van der Waals surface area (Å²) in [5, 5.41) is 2.62. The SMILES string of the molecule is C=CC[C@H]1CCC[C@H](NC(=O)OC(C)(C)C)C(=O)N1CC(=O)OC. The van der Waals surface area contributed by atoms with Gasteiger partial charge in [0.1, 0.15) is 18.2 Å². The maximum Gasteiger partial charge on any atom is 0.408 e. The molecule has 0 saturated carbocycles. The van der Waals surface area contributed by atoms with Crippen LogP contribution in [0.2, 0.25) is 0 Å². The van der Waals surface area contributed by atoms with Gasteiger partial charge >= 0.3 is 12.1 Å². The molecule has 0 aliphatic carbocycles. The molecular formula is C17H28N2O5. The molecule has 1 aliphatic rings. The lowest BCUT2D eigenvalue weighted by atomic mass is 10.1. The zero-order valence-corrected chi connectivity index (χ0v) is 15.0. The van der Waals surface area contributed by atoms with Crippen molar-refractivity contribution < 1.29 is 23.9 Å². The number of amides is 2. The Hall–Kier alpha value is -2.05. The number of ether oxygens (including phenoxy) is 2. The highest BCUT2D eigenvalue weighted by molar-refractivity contribution is 5.88. The van der Waals surface area contributed by atoms with Crippen molar-refractivity contribution in [2.45, 2.75) is 64.1 Å². The number of rotatable bonds is 5. The van der Waals surface area contributed by atoms with Crippen molar-refractivity contribution in [1.82, 2.24) is 10.2 Å². The fraction of sp³-hybridized carbons (Fsp3) is 0.706. The summed E-state index contributed by atoms with van der Waals surface area (Å²) in [6.45, 7) is 8.83. The maximum atomic E-state index is 12.8. The molecule has 0 unspecified atom stereocenters. The second-order valence-electron chi connectivity index (χ2n) is 6.85. The van der Waals surface area contributed by atoms with E-state index in [2.05, 4.69) is 16.6 Å². The van der Waals surface area contributed by atoms with E-state index in [0.29, 0.717) is 12.8 Å². The zero-order valence-electron chi connectivity index (χ0n) is 15.0. The number of nitrogens with one attached hydrogen (secondary N) is 1. The van der Waals surface area contributed by atoms with Crippen molar-refractivity contribution in [3.05, 3.63) is 12.7 Å². The second-order valence-corrected chi connectivity index (χ2v) is 6.85. The third-order valence-corrected chi connectivity index (χ3v) is 3.71. The molecule has 0 spiro atoms. The van der Waals surface area contributed by atoms with Crippen molar-refractivity contribution in [3.63, 3.8) is 0 Å². The number of esters is 1. The van der Waals surface area contributed by atoms with Gasteiger partial charge in [-0.25, -0.2) is 4.79 Å². The van der Waals surface area contributed by atoms with E-state index >= 15 is 0 Å². The molecule has 1 N–H and O–H groups in total. The highest BCUT2D eigenvalue weighted by atomic mass is 16.6. The standard InChI is InChI=1S/C17H28N2O5/c1-6-8-12-9-7-10-13(18-16(22)24-17(2,3)4)15(21)19(12)11-14(20)23-5/h6,12-13H,1,7-11H2,2-5H3,(H,18,22)/t12-,13-/m0/s1. The lowest BCUT2D eigenvalue weighted by Gasteiger charge is -2.30. The third-order valence-electron chi connectivity index (χ3n) is 3.71. The highest BCUT2D eigenvalue weighted by Crippen LogP contribution is 2.21. The van der Waals surface area contributed by atoms with Crippen LogP contribution in [0, 0.1) is 0 Å². The van der Waals surface area contributed by atoms with Crippen LogP contribution in [0.3, 0.4) is 0 Å². The average molecular weight is 340 g/mol. The predicted octanol–water partition coefficient (Wildman–Crippen LogP) is 2.01. The minimum Gasteiger partial charge on any atom is -0.468 e. The van der Waals surface area contributed by atoms with Gasteiger partial charge in [-0.2, -0.15) is 0 Å². The number of hydrogen-bond donors (Lipinski definition) is 1. The molecule has 1 rings (SSSR count). The molecule has 0 radical (unpaired) electrons. The summed E-state index contributed by atoms with van der Waals surface area (Å²) in [5.41, 5.74) is -0.644. The molecule has 1 fully saturated rings. The Kier molecular flexibility index (Phi) is 7.25. The zero-order chi connectivity index (χ0) is 18.3. The van der Waals surface area contributed by atoms with Crippen LogP contribution in [-0.4, -0.2) is 54.2 Å². The minimum atomic E-state index is -0.709. The Morgan fingerprint density at radius 3 is 2.58 bits per heavy atom. The molecule has 2 atom stereocenters. The van der Waals surface area contributed by atoms with E-state index in [1.807, 2.05) is 0 Å². The number of carbonyl (C=O) groups is 3. The fourth-order valence-electron chi connectivity index (χ4n) is 2.65. The molecule has 0 aromatic rings. The van der Waals surface area contributed by atoms with Gasteiger partial charge in [0.15, 0.2) is 0 Å². The minimum absolute atomic E-state index is 0.125. The van der Waals surface area contributed by atoms with Crippen LogP contribution >= 0.6 is 0 Å². The molecule has 0 aromatic heterocycles. The monoisotopic (exact) mass is 340 g/mol. The quantitative estimate of drug-likeness (QED) is 0.611. The molecular weight excluding hydrogens is 312 g/mol. The third kappa shape index (κ3) is 6.22. The van der Waals surface area contributed by atoms with Crippen LogP contribution in [0.25, 0.3) is 0 Å². The van der Waals surface area contributed by atoms with Gasteiger partial charge in [0.2, 0.25) is 5.91 Å². The van der Waals surface area contributed by atoms with Crippen LogP contribution in [0.15, 0.2) is 12.7 Å². The lowest BCUT2D eigenvalue weighted by molar-refractivity contribution is -0.149. The first-order chi connectivity index (χ1) is 11.2. The normalized spacial score (nSPS) is 21.7. The summed E-state index contributed by atoms with van der Waals surface area (Å²) in [4.78, 5) is 37.9. The molecule has 0 bridgehead atoms. The first kappa shape index (κ1) is 20.0. The number of carbonyl (C=O) groups excluding carboxylic acids is 3.